The van der Waals surface area contributed by atoms with E-state index in [4.69, 9.17) is 5.11 Å². The topological polar surface area (TPSA) is 69.6 Å². The lowest BCUT2D eigenvalue weighted by Crippen LogP contribution is -2.30. The summed E-state index contributed by atoms with van der Waals surface area (Å²) in [5, 5.41) is 21.2. The molecule has 1 saturated carbocycles. The number of carboxylic acids is 1. The van der Waals surface area contributed by atoms with Crippen molar-refractivity contribution in [3.8, 4) is 0 Å². The average molecular weight is 243 g/mol. The molecule has 0 spiro atoms. The molecule has 0 saturated heterocycles. The van der Waals surface area contributed by atoms with Crippen molar-refractivity contribution >= 4 is 5.97 Å². The van der Waals surface area contributed by atoms with E-state index >= 15 is 0 Å². The standard InChI is InChI=1S/C13H25NO3/c15-12(14-11-9-10-11)7-5-3-1-2-4-6-8-13(16)17/h11-12,14-15H,1-10H2,(H,16,17). The second kappa shape index (κ2) is 8.48. The van der Waals surface area contributed by atoms with Crippen molar-refractivity contribution in [3.05, 3.63) is 0 Å². The number of aliphatic carboxylic acids is 1. The Balaban J connectivity index is 1.75. The van der Waals surface area contributed by atoms with Gasteiger partial charge in [-0.05, 0) is 32.1 Å². The number of hydrogen-bond acceptors (Lipinski definition) is 3. The third-order valence-electron chi connectivity index (χ3n) is 3.12. The van der Waals surface area contributed by atoms with Gasteiger partial charge in [0.05, 0.1) is 0 Å². The molecule has 17 heavy (non-hydrogen) atoms. The highest BCUT2D eigenvalue weighted by Crippen LogP contribution is 2.20. The minimum absolute atomic E-state index is 0.296. The molecular weight excluding hydrogens is 218 g/mol. The van der Waals surface area contributed by atoms with E-state index in [1.54, 1.807) is 0 Å². The van der Waals surface area contributed by atoms with Crippen molar-refractivity contribution in [2.45, 2.75) is 76.5 Å². The molecule has 0 radical (unpaired) electrons. The van der Waals surface area contributed by atoms with Crippen LogP contribution in [0, 0.1) is 0 Å². The quantitative estimate of drug-likeness (QED) is 0.384. The molecule has 0 bridgehead atoms. The molecule has 0 aliphatic heterocycles. The minimum Gasteiger partial charge on any atom is -0.481 e. The molecule has 1 atom stereocenters. The van der Waals surface area contributed by atoms with Gasteiger partial charge < -0.3 is 10.2 Å². The second-order valence-electron chi connectivity index (χ2n) is 5.01. The first-order valence-corrected chi connectivity index (χ1v) is 6.84. The Kier molecular flexibility index (Phi) is 7.21. The van der Waals surface area contributed by atoms with Gasteiger partial charge in [-0.3, -0.25) is 10.1 Å². The van der Waals surface area contributed by atoms with Gasteiger partial charge in [0.25, 0.3) is 0 Å². The lowest BCUT2D eigenvalue weighted by molar-refractivity contribution is -0.137. The van der Waals surface area contributed by atoms with Gasteiger partial charge in [-0.1, -0.05) is 25.7 Å². The highest BCUT2D eigenvalue weighted by molar-refractivity contribution is 5.66. The van der Waals surface area contributed by atoms with Gasteiger partial charge in [0, 0.05) is 12.5 Å². The molecule has 4 heteroatoms. The molecule has 0 aromatic heterocycles. The fourth-order valence-corrected chi connectivity index (χ4v) is 1.93. The molecule has 1 fully saturated rings. The monoisotopic (exact) mass is 243 g/mol. The van der Waals surface area contributed by atoms with E-state index in [1.165, 1.54) is 12.8 Å². The third-order valence-corrected chi connectivity index (χ3v) is 3.12. The van der Waals surface area contributed by atoms with Crippen LogP contribution in [0.4, 0.5) is 0 Å². The Labute approximate surface area is 103 Å². The molecule has 0 aromatic rings. The van der Waals surface area contributed by atoms with Gasteiger partial charge >= 0.3 is 5.97 Å². The molecule has 1 rings (SSSR count). The maximum atomic E-state index is 10.3. The molecule has 3 N–H and O–H groups in total. The number of nitrogens with one attached hydrogen (secondary N) is 1. The fraction of sp³-hybridized carbons (Fsp3) is 0.923. The predicted molar refractivity (Wildman–Crippen MR) is 66.7 cm³/mol. The van der Waals surface area contributed by atoms with Crippen LogP contribution in [0.5, 0.6) is 0 Å². The number of carbonyl (C=O) groups is 1. The summed E-state index contributed by atoms with van der Waals surface area (Å²) in [5.41, 5.74) is 0. The van der Waals surface area contributed by atoms with E-state index in [0.717, 1.165) is 44.9 Å². The van der Waals surface area contributed by atoms with Crippen LogP contribution < -0.4 is 5.32 Å². The van der Waals surface area contributed by atoms with E-state index in [1.807, 2.05) is 0 Å². The first-order valence-electron chi connectivity index (χ1n) is 6.84. The van der Waals surface area contributed by atoms with E-state index in [2.05, 4.69) is 5.32 Å². The van der Waals surface area contributed by atoms with Crippen LogP contribution in [0.15, 0.2) is 0 Å². The van der Waals surface area contributed by atoms with Crippen LogP contribution in [0.2, 0.25) is 0 Å². The fourth-order valence-electron chi connectivity index (χ4n) is 1.93. The van der Waals surface area contributed by atoms with Crippen molar-refractivity contribution in [1.82, 2.24) is 5.32 Å². The zero-order chi connectivity index (χ0) is 12.5. The highest BCUT2D eigenvalue weighted by Gasteiger charge is 2.22. The van der Waals surface area contributed by atoms with Gasteiger partial charge in [-0.2, -0.15) is 0 Å². The molecule has 1 aliphatic rings. The number of hydrogen-bond donors (Lipinski definition) is 3. The number of aliphatic hydroxyl groups excluding tert-OH is 1. The summed E-state index contributed by atoms with van der Waals surface area (Å²) in [6, 6.07) is 0.570. The zero-order valence-corrected chi connectivity index (χ0v) is 10.5. The van der Waals surface area contributed by atoms with Crippen molar-refractivity contribution in [2.75, 3.05) is 0 Å². The van der Waals surface area contributed by atoms with Crippen LogP contribution >= 0.6 is 0 Å². The Morgan fingerprint density at radius 1 is 1.12 bits per heavy atom. The molecule has 4 nitrogen and oxygen atoms in total. The summed E-state index contributed by atoms with van der Waals surface area (Å²) in [5.74, 6) is -0.695. The van der Waals surface area contributed by atoms with Gasteiger partial charge in [0.2, 0.25) is 0 Å². The molecule has 1 unspecified atom stereocenters. The maximum absolute atomic E-state index is 10.3. The molecule has 0 amide bonds. The van der Waals surface area contributed by atoms with Crippen molar-refractivity contribution in [2.24, 2.45) is 0 Å². The molecule has 0 heterocycles. The SMILES string of the molecule is O=C(O)CCCCCCCCC(O)NC1CC1. The molecule has 100 valence electrons. The van der Waals surface area contributed by atoms with E-state index in [0.29, 0.717) is 12.5 Å². The normalized spacial score (nSPS) is 17.0. The Bertz CT molecular complexity index is 217. The lowest BCUT2D eigenvalue weighted by atomic mass is 10.1. The summed E-state index contributed by atoms with van der Waals surface area (Å²) in [6.45, 7) is 0. The molecule has 1 aliphatic carbocycles. The number of aliphatic hydroxyl groups is 1. The summed E-state index contributed by atoms with van der Waals surface area (Å²) in [6.07, 6.45) is 9.48. The largest absolute Gasteiger partial charge is 0.481 e. The van der Waals surface area contributed by atoms with Gasteiger partial charge in [-0.15, -0.1) is 0 Å². The highest BCUT2D eigenvalue weighted by atomic mass is 16.4. The summed E-state index contributed by atoms with van der Waals surface area (Å²) in [4.78, 5) is 10.3. The van der Waals surface area contributed by atoms with Gasteiger partial charge in [0.15, 0.2) is 0 Å². The smallest absolute Gasteiger partial charge is 0.303 e. The van der Waals surface area contributed by atoms with Crippen molar-refractivity contribution < 1.29 is 15.0 Å². The van der Waals surface area contributed by atoms with Gasteiger partial charge in [0.1, 0.15) is 6.23 Å². The zero-order valence-electron chi connectivity index (χ0n) is 10.5. The minimum atomic E-state index is -0.695. The number of unbranched alkanes of at least 4 members (excludes halogenated alkanes) is 5. The third kappa shape index (κ3) is 9.12. The summed E-state index contributed by atoms with van der Waals surface area (Å²) < 4.78 is 0. The van der Waals surface area contributed by atoms with E-state index in [-0.39, 0.29) is 6.23 Å². The first kappa shape index (κ1) is 14.5. The van der Waals surface area contributed by atoms with Crippen LogP contribution in [-0.2, 0) is 4.79 Å². The Hall–Kier alpha value is -0.610. The van der Waals surface area contributed by atoms with Crippen LogP contribution in [0.1, 0.15) is 64.2 Å². The van der Waals surface area contributed by atoms with Crippen LogP contribution in [0.3, 0.4) is 0 Å². The second-order valence-corrected chi connectivity index (χ2v) is 5.01. The molecular formula is C13H25NO3. The lowest BCUT2D eigenvalue weighted by Gasteiger charge is -2.11. The van der Waals surface area contributed by atoms with E-state index in [9.17, 15) is 9.90 Å². The Morgan fingerprint density at radius 3 is 2.29 bits per heavy atom. The first-order chi connectivity index (χ1) is 8.18. The van der Waals surface area contributed by atoms with Crippen LogP contribution in [0.25, 0.3) is 0 Å². The van der Waals surface area contributed by atoms with Gasteiger partial charge in [-0.25, -0.2) is 0 Å². The Morgan fingerprint density at radius 2 is 1.71 bits per heavy atom. The average Bonchev–Trinajstić information content (AvgIpc) is 3.05. The number of carboxylic acid groups (broad SMARTS) is 1. The molecule has 0 aromatic carbocycles. The summed E-state index contributed by atoms with van der Waals surface area (Å²) >= 11 is 0. The number of rotatable bonds is 11. The van der Waals surface area contributed by atoms with E-state index < -0.39 is 5.97 Å². The maximum Gasteiger partial charge on any atom is 0.303 e. The summed E-state index contributed by atoms with van der Waals surface area (Å²) in [7, 11) is 0. The van der Waals surface area contributed by atoms with Crippen molar-refractivity contribution in [3.63, 3.8) is 0 Å². The predicted octanol–water partition coefficient (Wildman–Crippen LogP) is 2.26. The van der Waals surface area contributed by atoms with Crippen LogP contribution in [-0.4, -0.2) is 28.5 Å². The van der Waals surface area contributed by atoms with Crippen molar-refractivity contribution in [1.29, 1.82) is 0 Å².